The van der Waals surface area contributed by atoms with Crippen molar-refractivity contribution in [2.75, 3.05) is 6.54 Å². The molecule has 0 aliphatic carbocycles. The molecule has 0 spiro atoms. The van der Waals surface area contributed by atoms with Crippen molar-refractivity contribution in [2.24, 2.45) is 0 Å². The summed E-state index contributed by atoms with van der Waals surface area (Å²) in [6, 6.07) is 9.02. The maximum absolute atomic E-state index is 12.2. The highest BCUT2D eigenvalue weighted by molar-refractivity contribution is 9.10. The second-order valence-corrected chi connectivity index (χ2v) is 7.17. The van der Waals surface area contributed by atoms with Gasteiger partial charge in [-0.1, -0.05) is 23.7 Å². The average Bonchev–Trinajstić information content (AvgIpc) is 3.11. The van der Waals surface area contributed by atoms with Crippen LogP contribution in [0.15, 0.2) is 56.8 Å². The van der Waals surface area contributed by atoms with E-state index in [1.807, 2.05) is 12.1 Å². The van der Waals surface area contributed by atoms with E-state index in [0.717, 1.165) is 26.7 Å². The summed E-state index contributed by atoms with van der Waals surface area (Å²) in [4.78, 5) is 25.4. The summed E-state index contributed by atoms with van der Waals surface area (Å²) < 4.78 is 6.54. The van der Waals surface area contributed by atoms with E-state index < -0.39 is 0 Å². The zero-order chi connectivity index (χ0) is 17.3. The van der Waals surface area contributed by atoms with Gasteiger partial charge >= 0.3 is 0 Å². The lowest BCUT2D eigenvalue weighted by Crippen LogP contribution is -2.27. The van der Waals surface area contributed by atoms with Gasteiger partial charge in [0.05, 0.1) is 9.93 Å². The van der Waals surface area contributed by atoms with Gasteiger partial charge in [-0.3, -0.25) is 14.5 Å². The molecule has 0 bridgehead atoms. The number of hydrogen-bond acceptors (Lipinski definition) is 4. The second kappa shape index (κ2) is 7.01. The van der Waals surface area contributed by atoms with E-state index >= 15 is 0 Å². The first-order valence-corrected chi connectivity index (χ1v) is 8.90. The lowest BCUT2D eigenvalue weighted by Gasteiger charge is -2.07. The minimum Gasteiger partial charge on any atom is -0.457 e. The summed E-state index contributed by atoms with van der Waals surface area (Å²) >= 11 is 10.3. The first-order chi connectivity index (χ1) is 11.5. The van der Waals surface area contributed by atoms with E-state index in [-0.39, 0.29) is 17.7 Å². The highest BCUT2D eigenvalue weighted by atomic mass is 79.9. The van der Waals surface area contributed by atoms with E-state index in [1.54, 1.807) is 24.3 Å². The quantitative estimate of drug-likeness (QED) is 0.474. The summed E-state index contributed by atoms with van der Waals surface area (Å²) in [5.74, 6) is 0.781. The number of furan rings is 1. The van der Waals surface area contributed by atoms with Gasteiger partial charge in [-0.05, 0) is 52.0 Å². The van der Waals surface area contributed by atoms with E-state index in [4.69, 9.17) is 16.0 Å². The standard InChI is InChI=1S/C17H11BrClNO3S/c1-2-7-20-16(21)15(24-17(20)22)9-11-4-6-14(23-11)10-3-5-12(18)13(19)8-10/h2-6,8-9H,1,7H2. The number of amides is 2. The third-order valence-corrected chi connectivity index (χ3v) is 5.43. The Morgan fingerprint density at radius 2 is 2.08 bits per heavy atom. The molecule has 122 valence electrons. The van der Waals surface area contributed by atoms with Gasteiger partial charge in [0.15, 0.2) is 0 Å². The van der Waals surface area contributed by atoms with Crippen molar-refractivity contribution >= 4 is 56.5 Å². The molecule has 1 aromatic heterocycles. The SMILES string of the molecule is C=CCN1C(=O)SC(=Cc2ccc(-c3ccc(Br)c(Cl)c3)o2)C1=O. The molecule has 0 N–H and O–H groups in total. The van der Waals surface area contributed by atoms with E-state index in [9.17, 15) is 9.59 Å². The van der Waals surface area contributed by atoms with Crippen molar-refractivity contribution in [1.82, 2.24) is 4.90 Å². The van der Waals surface area contributed by atoms with Crippen LogP contribution < -0.4 is 0 Å². The fourth-order valence-corrected chi connectivity index (χ4v) is 3.41. The highest BCUT2D eigenvalue weighted by Gasteiger charge is 2.34. The zero-order valence-electron chi connectivity index (χ0n) is 12.3. The molecule has 4 nitrogen and oxygen atoms in total. The van der Waals surface area contributed by atoms with Gasteiger partial charge in [0.25, 0.3) is 11.1 Å². The predicted molar refractivity (Wildman–Crippen MR) is 99.7 cm³/mol. The number of hydrogen-bond donors (Lipinski definition) is 0. The summed E-state index contributed by atoms with van der Waals surface area (Å²) in [6.45, 7) is 3.74. The number of imide groups is 1. The number of benzene rings is 1. The van der Waals surface area contributed by atoms with Crippen LogP contribution in [0, 0.1) is 0 Å². The molecule has 0 radical (unpaired) electrons. The van der Waals surface area contributed by atoms with Crippen molar-refractivity contribution in [3.8, 4) is 11.3 Å². The molecule has 1 aliphatic heterocycles. The largest absolute Gasteiger partial charge is 0.457 e. The van der Waals surface area contributed by atoms with Crippen LogP contribution in [0.5, 0.6) is 0 Å². The van der Waals surface area contributed by atoms with Gasteiger partial charge in [-0.25, -0.2) is 0 Å². The van der Waals surface area contributed by atoms with Gasteiger partial charge in [-0.2, -0.15) is 0 Å². The number of carbonyl (C=O) groups is 2. The van der Waals surface area contributed by atoms with Gasteiger partial charge in [0, 0.05) is 22.7 Å². The second-order valence-electron chi connectivity index (χ2n) is 4.91. The van der Waals surface area contributed by atoms with Crippen LogP contribution in [-0.4, -0.2) is 22.6 Å². The molecule has 0 atom stereocenters. The average molecular weight is 425 g/mol. The van der Waals surface area contributed by atoms with Crippen LogP contribution in [0.3, 0.4) is 0 Å². The smallest absolute Gasteiger partial charge is 0.293 e. The molecule has 2 amide bonds. The van der Waals surface area contributed by atoms with Crippen molar-refractivity contribution in [1.29, 1.82) is 0 Å². The Bertz CT molecular complexity index is 874. The van der Waals surface area contributed by atoms with Crippen LogP contribution in [0.25, 0.3) is 17.4 Å². The first-order valence-electron chi connectivity index (χ1n) is 6.91. The van der Waals surface area contributed by atoms with Crippen LogP contribution in [0.2, 0.25) is 5.02 Å². The molecule has 0 unspecified atom stereocenters. The van der Waals surface area contributed by atoms with Crippen molar-refractivity contribution in [2.45, 2.75) is 0 Å². The maximum Gasteiger partial charge on any atom is 0.293 e. The lowest BCUT2D eigenvalue weighted by molar-refractivity contribution is -0.122. The molecule has 1 fully saturated rings. The van der Waals surface area contributed by atoms with Crippen molar-refractivity contribution in [3.63, 3.8) is 0 Å². The molecule has 2 heterocycles. The van der Waals surface area contributed by atoms with Crippen LogP contribution in [0.1, 0.15) is 5.76 Å². The Labute approximate surface area is 156 Å². The van der Waals surface area contributed by atoms with Crippen LogP contribution in [0.4, 0.5) is 4.79 Å². The molecule has 1 saturated heterocycles. The molecule has 2 aromatic rings. The Morgan fingerprint density at radius 1 is 1.29 bits per heavy atom. The third-order valence-electron chi connectivity index (χ3n) is 3.29. The fourth-order valence-electron chi connectivity index (χ4n) is 2.15. The van der Waals surface area contributed by atoms with Crippen molar-refractivity contribution in [3.05, 3.63) is 63.1 Å². The lowest BCUT2D eigenvalue weighted by atomic mass is 10.2. The topological polar surface area (TPSA) is 50.5 Å². The summed E-state index contributed by atoms with van der Waals surface area (Å²) in [7, 11) is 0. The molecule has 1 aliphatic rings. The Kier molecular flexibility index (Phi) is 4.99. The summed E-state index contributed by atoms with van der Waals surface area (Å²) in [5, 5.41) is 0.272. The number of carbonyl (C=O) groups excluding carboxylic acids is 2. The van der Waals surface area contributed by atoms with Crippen LogP contribution in [-0.2, 0) is 4.79 Å². The van der Waals surface area contributed by atoms with Crippen molar-refractivity contribution < 1.29 is 14.0 Å². The maximum atomic E-state index is 12.2. The summed E-state index contributed by atoms with van der Waals surface area (Å²) in [5.41, 5.74) is 0.822. The van der Waals surface area contributed by atoms with Gasteiger partial charge < -0.3 is 4.42 Å². The third kappa shape index (κ3) is 3.36. The Hall–Kier alpha value is -1.76. The summed E-state index contributed by atoms with van der Waals surface area (Å²) in [6.07, 6.45) is 3.08. The minimum atomic E-state index is -0.338. The first kappa shape index (κ1) is 17.1. The number of halogens is 2. The van der Waals surface area contributed by atoms with Gasteiger partial charge in [0.1, 0.15) is 11.5 Å². The predicted octanol–water partition coefficient (Wildman–Crippen LogP) is 5.58. The normalized spacial score (nSPS) is 16.2. The molecule has 3 rings (SSSR count). The van der Waals surface area contributed by atoms with E-state index in [2.05, 4.69) is 22.5 Å². The monoisotopic (exact) mass is 423 g/mol. The van der Waals surface area contributed by atoms with E-state index in [1.165, 1.54) is 6.08 Å². The molecular weight excluding hydrogens is 414 g/mol. The number of thioether (sulfide) groups is 1. The Balaban J connectivity index is 1.86. The minimum absolute atomic E-state index is 0.197. The van der Waals surface area contributed by atoms with E-state index in [0.29, 0.717) is 21.4 Å². The van der Waals surface area contributed by atoms with Gasteiger partial charge in [0.2, 0.25) is 0 Å². The fraction of sp³-hybridized carbons (Fsp3) is 0.0588. The molecule has 0 saturated carbocycles. The zero-order valence-corrected chi connectivity index (χ0v) is 15.5. The highest BCUT2D eigenvalue weighted by Crippen LogP contribution is 2.34. The van der Waals surface area contributed by atoms with Crippen LogP contribution >= 0.6 is 39.3 Å². The molecule has 1 aromatic carbocycles. The molecule has 7 heteroatoms. The van der Waals surface area contributed by atoms with Gasteiger partial charge in [-0.15, -0.1) is 6.58 Å². The molecular formula is C17H11BrClNO3S. The number of rotatable bonds is 4. The Morgan fingerprint density at radius 3 is 2.79 bits per heavy atom. The molecule has 24 heavy (non-hydrogen) atoms. The number of nitrogens with zero attached hydrogens (tertiary/aromatic N) is 1.